The van der Waals surface area contributed by atoms with Crippen LogP contribution in [0.15, 0.2) is 36.4 Å². The van der Waals surface area contributed by atoms with Crippen LogP contribution in [0.4, 0.5) is 5.69 Å². The third kappa shape index (κ3) is 2.87. The van der Waals surface area contributed by atoms with Crippen LogP contribution in [0.2, 0.25) is 5.02 Å². The van der Waals surface area contributed by atoms with Gasteiger partial charge in [0.25, 0.3) is 0 Å². The first-order valence-corrected chi connectivity index (χ1v) is 6.62. The van der Waals surface area contributed by atoms with Crippen molar-refractivity contribution in [3.8, 4) is 11.5 Å². The van der Waals surface area contributed by atoms with E-state index >= 15 is 0 Å². The van der Waals surface area contributed by atoms with Gasteiger partial charge >= 0.3 is 5.97 Å². The average Bonchev–Trinajstić information content (AvgIpc) is 2.91. The molecule has 0 radical (unpaired) electrons. The summed E-state index contributed by atoms with van der Waals surface area (Å²) in [6, 6.07) is 10.2. The zero-order valence-electron chi connectivity index (χ0n) is 11.0. The Morgan fingerprint density at radius 2 is 2.00 bits per heavy atom. The molecule has 108 valence electrons. The van der Waals surface area contributed by atoms with E-state index in [4.69, 9.17) is 31.5 Å². The summed E-state index contributed by atoms with van der Waals surface area (Å²) in [5.74, 6) is 0.489. The van der Waals surface area contributed by atoms with Crippen molar-refractivity contribution in [3.05, 3.63) is 52.5 Å². The Morgan fingerprint density at radius 3 is 2.76 bits per heavy atom. The molecule has 5 nitrogen and oxygen atoms in total. The number of anilines is 1. The predicted octanol–water partition coefficient (Wildman–Crippen LogP) is 3.01. The van der Waals surface area contributed by atoms with Crippen LogP contribution in [-0.4, -0.2) is 12.8 Å². The number of nitrogen functional groups attached to an aromatic ring is 1. The molecule has 1 aliphatic heterocycles. The number of ether oxygens (including phenoxy) is 3. The summed E-state index contributed by atoms with van der Waals surface area (Å²) in [5, 5.41) is 0.589. The summed E-state index contributed by atoms with van der Waals surface area (Å²) < 4.78 is 15.6. The third-order valence-corrected chi connectivity index (χ3v) is 3.26. The number of hydrogen-bond donors (Lipinski definition) is 1. The van der Waals surface area contributed by atoms with Crippen LogP contribution in [-0.2, 0) is 11.3 Å². The summed E-state index contributed by atoms with van der Waals surface area (Å²) in [4.78, 5) is 12.1. The zero-order valence-corrected chi connectivity index (χ0v) is 11.7. The van der Waals surface area contributed by atoms with E-state index in [0.29, 0.717) is 16.5 Å². The number of fused-ring (bicyclic) bond motifs is 1. The first-order chi connectivity index (χ1) is 10.1. The number of benzene rings is 2. The van der Waals surface area contributed by atoms with Gasteiger partial charge in [0.2, 0.25) is 6.79 Å². The van der Waals surface area contributed by atoms with Crippen molar-refractivity contribution in [1.82, 2.24) is 0 Å². The van der Waals surface area contributed by atoms with Gasteiger partial charge in [-0.15, -0.1) is 0 Å². The lowest BCUT2D eigenvalue weighted by Gasteiger charge is -2.08. The molecule has 0 aliphatic carbocycles. The Balaban J connectivity index is 1.74. The maximum Gasteiger partial charge on any atom is 0.340 e. The fraction of sp³-hybridized carbons (Fsp3) is 0.133. The van der Waals surface area contributed by atoms with E-state index in [2.05, 4.69) is 0 Å². The standard InChI is InChI=1S/C15H12ClNO4/c16-10-3-1-2-9(4-10)7-19-15(18)11-5-13-14(6-12(11)17)21-8-20-13/h1-6H,7-8,17H2. The van der Waals surface area contributed by atoms with Crippen molar-refractivity contribution in [3.63, 3.8) is 0 Å². The molecular weight excluding hydrogens is 294 g/mol. The largest absolute Gasteiger partial charge is 0.457 e. The topological polar surface area (TPSA) is 70.8 Å². The van der Waals surface area contributed by atoms with Crippen molar-refractivity contribution in [2.45, 2.75) is 6.61 Å². The molecule has 2 aromatic rings. The van der Waals surface area contributed by atoms with Crippen LogP contribution in [0.5, 0.6) is 11.5 Å². The summed E-state index contributed by atoms with van der Waals surface area (Å²) in [5.41, 5.74) is 7.17. The van der Waals surface area contributed by atoms with Gasteiger partial charge in [0, 0.05) is 17.2 Å². The molecule has 3 rings (SSSR count). The average molecular weight is 306 g/mol. The second-order valence-corrected chi connectivity index (χ2v) is 4.94. The van der Waals surface area contributed by atoms with Crippen molar-refractivity contribution >= 4 is 23.3 Å². The maximum atomic E-state index is 12.1. The van der Waals surface area contributed by atoms with Crippen LogP contribution in [0.1, 0.15) is 15.9 Å². The number of nitrogens with two attached hydrogens (primary N) is 1. The predicted molar refractivity (Wildman–Crippen MR) is 77.5 cm³/mol. The van der Waals surface area contributed by atoms with Gasteiger partial charge in [-0.2, -0.15) is 0 Å². The molecule has 0 spiro atoms. The molecule has 0 aromatic heterocycles. The lowest BCUT2D eigenvalue weighted by atomic mass is 10.1. The first-order valence-electron chi connectivity index (χ1n) is 6.24. The molecule has 0 unspecified atom stereocenters. The van der Waals surface area contributed by atoms with Crippen molar-refractivity contribution in [1.29, 1.82) is 0 Å². The van der Waals surface area contributed by atoms with E-state index in [1.54, 1.807) is 24.3 Å². The molecule has 1 aliphatic rings. The van der Waals surface area contributed by atoms with Crippen LogP contribution >= 0.6 is 11.6 Å². The van der Waals surface area contributed by atoms with E-state index in [1.165, 1.54) is 6.07 Å². The Bertz CT molecular complexity index is 702. The second kappa shape index (κ2) is 5.54. The Hall–Kier alpha value is -2.40. The number of carbonyl (C=O) groups is 1. The van der Waals surface area contributed by atoms with Gasteiger partial charge < -0.3 is 19.9 Å². The van der Waals surface area contributed by atoms with Crippen LogP contribution < -0.4 is 15.2 Å². The summed E-state index contributed by atoms with van der Waals surface area (Å²) >= 11 is 5.88. The molecule has 21 heavy (non-hydrogen) atoms. The fourth-order valence-corrected chi connectivity index (χ4v) is 2.20. The van der Waals surface area contributed by atoms with Gasteiger partial charge in [0.15, 0.2) is 11.5 Å². The second-order valence-electron chi connectivity index (χ2n) is 4.50. The monoisotopic (exact) mass is 305 g/mol. The molecule has 0 atom stereocenters. The number of hydrogen-bond acceptors (Lipinski definition) is 5. The molecule has 1 heterocycles. The molecule has 0 amide bonds. The molecule has 2 N–H and O–H groups in total. The first kappa shape index (κ1) is 13.6. The van der Waals surface area contributed by atoms with Crippen molar-refractivity contribution < 1.29 is 19.0 Å². The Morgan fingerprint density at radius 1 is 1.24 bits per heavy atom. The minimum Gasteiger partial charge on any atom is -0.457 e. The summed E-state index contributed by atoms with van der Waals surface area (Å²) in [7, 11) is 0. The highest BCUT2D eigenvalue weighted by molar-refractivity contribution is 6.30. The highest BCUT2D eigenvalue weighted by Gasteiger charge is 2.20. The normalized spacial score (nSPS) is 12.2. The number of halogens is 1. The van der Waals surface area contributed by atoms with Crippen molar-refractivity contribution in [2.75, 3.05) is 12.5 Å². The number of esters is 1. The van der Waals surface area contributed by atoms with Gasteiger partial charge in [-0.05, 0) is 17.7 Å². The molecule has 0 saturated heterocycles. The maximum absolute atomic E-state index is 12.1. The van der Waals surface area contributed by atoms with Gasteiger partial charge in [0.05, 0.1) is 11.3 Å². The molecule has 0 saturated carbocycles. The Kier molecular flexibility index (Phi) is 3.58. The van der Waals surface area contributed by atoms with E-state index in [-0.39, 0.29) is 24.7 Å². The highest BCUT2D eigenvalue weighted by Crippen LogP contribution is 2.36. The lowest BCUT2D eigenvalue weighted by molar-refractivity contribution is 0.0473. The van der Waals surface area contributed by atoms with Gasteiger partial charge in [-0.3, -0.25) is 0 Å². The highest BCUT2D eigenvalue weighted by atomic mass is 35.5. The smallest absolute Gasteiger partial charge is 0.340 e. The lowest BCUT2D eigenvalue weighted by Crippen LogP contribution is -2.08. The number of carbonyl (C=O) groups excluding carboxylic acids is 1. The molecule has 0 fully saturated rings. The molecule has 2 aromatic carbocycles. The third-order valence-electron chi connectivity index (χ3n) is 3.02. The van der Waals surface area contributed by atoms with Gasteiger partial charge in [0.1, 0.15) is 6.61 Å². The van der Waals surface area contributed by atoms with E-state index in [0.717, 1.165) is 5.56 Å². The fourth-order valence-electron chi connectivity index (χ4n) is 1.99. The zero-order chi connectivity index (χ0) is 14.8. The van der Waals surface area contributed by atoms with Crippen LogP contribution in [0.3, 0.4) is 0 Å². The summed E-state index contributed by atoms with van der Waals surface area (Å²) in [6.45, 7) is 0.239. The quantitative estimate of drug-likeness (QED) is 0.697. The SMILES string of the molecule is Nc1cc2c(cc1C(=O)OCc1cccc(Cl)c1)OCO2. The van der Waals surface area contributed by atoms with E-state index in [9.17, 15) is 4.79 Å². The van der Waals surface area contributed by atoms with E-state index < -0.39 is 5.97 Å². The number of rotatable bonds is 3. The van der Waals surface area contributed by atoms with Crippen LogP contribution in [0.25, 0.3) is 0 Å². The minimum atomic E-state index is -0.522. The summed E-state index contributed by atoms with van der Waals surface area (Å²) in [6.07, 6.45) is 0. The Labute approximate surface area is 126 Å². The molecule has 6 heteroatoms. The molecule has 0 bridgehead atoms. The van der Waals surface area contributed by atoms with Crippen LogP contribution in [0, 0.1) is 0 Å². The van der Waals surface area contributed by atoms with Crippen molar-refractivity contribution in [2.24, 2.45) is 0 Å². The minimum absolute atomic E-state index is 0.118. The molecular formula is C15H12ClNO4. The van der Waals surface area contributed by atoms with E-state index in [1.807, 2.05) is 6.07 Å². The van der Waals surface area contributed by atoms with Gasteiger partial charge in [-0.1, -0.05) is 23.7 Å². The van der Waals surface area contributed by atoms with Gasteiger partial charge in [-0.25, -0.2) is 4.79 Å².